The SMILES string of the molecule is CC1c2cc3c(cc2C2(CCCC2)CN1C(=O)c1cccc([N+](=O)[O-])c1)OCCO3. The van der Waals surface area contributed by atoms with E-state index in [1.54, 1.807) is 12.1 Å². The van der Waals surface area contributed by atoms with Crippen molar-refractivity contribution in [3.05, 3.63) is 63.2 Å². The topological polar surface area (TPSA) is 81.9 Å². The number of ether oxygens (including phenoxy) is 2. The second kappa shape index (κ2) is 7.00. The molecule has 0 radical (unpaired) electrons. The molecular formula is C23H24N2O5. The number of hydrogen-bond donors (Lipinski definition) is 0. The number of amides is 1. The van der Waals surface area contributed by atoms with Gasteiger partial charge in [0.2, 0.25) is 0 Å². The first-order valence-corrected chi connectivity index (χ1v) is 10.5. The molecule has 30 heavy (non-hydrogen) atoms. The van der Waals surface area contributed by atoms with E-state index >= 15 is 0 Å². The highest BCUT2D eigenvalue weighted by atomic mass is 16.6. The molecule has 3 aliphatic rings. The third-order valence-corrected chi connectivity index (χ3v) is 6.80. The molecule has 2 aromatic rings. The Kier molecular flexibility index (Phi) is 4.41. The van der Waals surface area contributed by atoms with Crippen LogP contribution in [0.1, 0.15) is 60.1 Å². The first-order valence-electron chi connectivity index (χ1n) is 10.5. The second-order valence-corrected chi connectivity index (χ2v) is 8.49. The molecular weight excluding hydrogens is 384 g/mol. The minimum Gasteiger partial charge on any atom is -0.486 e. The third kappa shape index (κ3) is 2.91. The molecule has 1 saturated carbocycles. The number of nitro groups is 1. The number of carbonyl (C=O) groups excluding carboxylic acids is 1. The van der Waals surface area contributed by atoms with Crippen LogP contribution in [0.15, 0.2) is 36.4 Å². The summed E-state index contributed by atoms with van der Waals surface area (Å²) in [7, 11) is 0. The molecule has 2 aromatic carbocycles. The summed E-state index contributed by atoms with van der Waals surface area (Å²) in [6.07, 6.45) is 4.29. The number of hydrogen-bond acceptors (Lipinski definition) is 5. The Morgan fingerprint density at radius 2 is 1.83 bits per heavy atom. The van der Waals surface area contributed by atoms with Gasteiger partial charge in [0.25, 0.3) is 11.6 Å². The molecule has 1 aliphatic carbocycles. The summed E-state index contributed by atoms with van der Waals surface area (Å²) in [5.41, 5.74) is 2.53. The van der Waals surface area contributed by atoms with Gasteiger partial charge in [-0.25, -0.2) is 0 Å². The molecule has 7 heteroatoms. The second-order valence-electron chi connectivity index (χ2n) is 8.49. The predicted octanol–water partition coefficient (Wildman–Crippen LogP) is 4.39. The van der Waals surface area contributed by atoms with Crippen molar-refractivity contribution in [3.63, 3.8) is 0 Å². The molecule has 5 rings (SSSR count). The van der Waals surface area contributed by atoms with Crippen LogP contribution in [0, 0.1) is 10.1 Å². The number of nitrogens with zero attached hydrogens (tertiary/aromatic N) is 2. The predicted molar refractivity (Wildman–Crippen MR) is 110 cm³/mol. The minimum atomic E-state index is -0.464. The average Bonchev–Trinajstić information content (AvgIpc) is 3.24. The van der Waals surface area contributed by atoms with E-state index in [4.69, 9.17) is 9.47 Å². The average molecular weight is 408 g/mol. The maximum atomic E-state index is 13.5. The maximum absolute atomic E-state index is 13.5. The van der Waals surface area contributed by atoms with Crippen LogP contribution in [0.3, 0.4) is 0 Å². The Hall–Kier alpha value is -3.09. The Morgan fingerprint density at radius 3 is 2.53 bits per heavy atom. The smallest absolute Gasteiger partial charge is 0.270 e. The van der Waals surface area contributed by atoms with Crippen LogP contribution in [0.2, 0.25) is 0 Å². The Balaban J connectivity index is 1.58. The highest BCUT2D eigenvalue weighted by Gasteiger charge is 2.46. The van der Waals surface area contributed by atoms with Crippen LogP contribution in [-0.2, 0) is 5.41 Å². The van der Waals surface area contributed by atoms with Crippen LogP contribution in [0.4, 0.5) is 5.69 Å². The maximum Gasteiger partial charge on any atom is 0.270 e. The molecule has 2 aliphatic heterocycles. The van der Waals surface area contributed by atoms with E-state index in [0.717, 1.165) is 42.7 Å². The van der Waals surface area contributed by atoms with Crippen molar-refractivity contribution in [3.8, 4) is 11.5 Å². The van der Waals surface area contributed by atoms with Crippen molar-refractivity contribution in [1.82, 2.24) is 4.90 Å². The van der Waals surface area contributed by atoms with Crippen molar-refractivity contribution in [2.75, 3.05) is 19.8 Å². The molecule has 2 heterocycles. The standard InChI is InChI=1S/C23H24N2O5/c1-15-18-12-20-21(30-10-9-29-20)13-19(18)23(7-2-3-8-23)14-24(15)22(26)16-5-4-6-17(11-16)25(27)28/h4-6,11-13,15H,2-3,7-10,14H2,1H3. The molecule has 1 atom stereocenters. The summed E-state index contributed by atoms with van der Waals surface area (Å²) in [5.74, 6) is 1.35. The van der Waals surface area contributed by atoms with Gasteiger partial charge in [0.05, 0.1) is 11.0 Å². The lowest BCUT2D eigenvalue weighted by Gasteiger charge is -2.46. The zero-order chi connectivity index (χ0) is 20.9. The monoisotopic (exact) mass is 408 g/mol. The summed E-state index contributed by atoms with van der Waals surface area (Å²) in [5, 5.41) is 11.2. The van der Waals surface area contributed by atoms with Crippen molar-refractivity contribution in [2.45, 2.75) is 44.1 Å². The van der Waals surface area contributed by atoms with Gasteiger partial charge in [0.15, 0.2) is 11.5 Å². The number of rotatable bonds is 2. The van der Waals surface area contributed by atoms with Crippen molar-refractivity contribution in [2.24, 2.45) is 0 Å². The van der Waals surface area contributed by atoms with E-state index in [0.29, 0.717) is 25.3 Å². The zero-order valence-electron chi connectivity index (χ0n) is 16.9. The molecule has 1 unspecified atom stereocenters. The Labute approximate surface area is 174 Å². The number of nitro benzene ring substituents is 1. The van der Waals surface area contributed by atoms with Gasteiger partial charge in [-0.1, -0.05) is 18.9 Å². The van der Waals surface area contributed by atoms with Crippen LogP contribution >= 0.6 is 0 Å². The molecule has 1 fully saturated rings. The molecule has 0 bridgehead atoms. The van der Waals surface area contributed by atoms with E-state index in [1.807, 2.05) is 17.9 Å². The molecule has 0 aromatic heterocycles. The lowest BCUT2D eigenvalue weighted by atomic mass is 9.71. The number of fused-ring (bicyclic) bond motifs is 3. The fourth-order valence-corrected chi connectivity index (χ4v) is 5.27. The van der Waals surface area contributed by atoms with E-state index in [-0.39, 0.29) is 23.1 Å². The number of non-ortho nitro benzene ring substituents is 1. The fraction of sp³-hybridized carbons (Fsp3) is 0.435. The summed E-state index contributed by atoms with van der Waals surface area (Å²) in [6, 6.07) is 10.0. The van der Waals surface area contributed by atoms with Gasteiger partial charge in [0.1, 0.15) is 13.2 Å². The van der Waals surface area contributed by atoms with E-state index in [1.165, 1.54) is 17.7 Å². The number of benzene rings is 2. The normalized spacial score (nSPS) is 21.4. The van der Waals surface area contributed by atoms with Gasteiger partial charge in [-0.3, -0.25) is 14.9 Å². The van der Waals surface area contributed by atoms with Gasteiger partial charge >= 0.3 is 0 Å². The molecule has 1 amide bonds. The van der Waals surface area contributed by atoms with Crippen LogP contribution in [0.25, 0.3) is 0 Å². The summed E-state index contributed by atoms with van der Waals surface area (Å²) < 4.78 is 11.6. The van der Waals surface area contributed by atoms with Gasteiger partial charge < -0.3 is 14.4 Å². The van der Waals surface area contributed by atoms with Crippen LogP contribution in [-0.4, -0.2) is 35.5 Å². The summed E-state index contributed by atoms with van der Waals surface area (Å²) in [6.45, 7) is 3.70. The first-order chi connectivity index (χ1) is 14.5. The van der Waals surface area contributed by atoms with Crippen LogP contribution in [0.5, 0.6) is 11.5 Å². The largest absolute Gasteiger partial charge is 0.486 e. The highest BCUT2D eigenvalue weighted by Crippen LogP contribution is 2.52. The van der Waals surface area contributed by atoms with Gasteiger partial charge in [0, 0.05) is 29.7 Å². The highest BCUT2D eigenvalue weighted by molar-refractivity contribution is 5.95. The molecule has 1 spiro atoms. The lowest BCUT2D eigenvalue weighted by molar-refractivity contribution is -0.384. The minimum absolute atomic E-state index is 0.0684. The van der Waals surface area contributed by atoms with Crippen molar-refractivity contribution < 1.29 is 19.2 Å². The van der Waals surface area contributed by atoms with E-state index < -0.39 is 4.92 Å². The fourth-order valence-electron chi connectivity index (χ4n) is 5.27. The van der Waals surface area contributed by atoms with Gasteiger partial charge in [-0.2, -0.15) is 0 Å². The van der Waals surface area contributed by atoms with Gasteiger partial charge in [-0.15, -0.1) is 0 Å². The first kappa shape index (κ1) is 18.9. The molecule has 0 N–H and O–H groups in total. The lowest BCUT2D eigenvalue weighted by Crippen LogP contribution is -2.48. The van der Waals surface area contributed by atoms with Gasteiger partial charge in [-0.05, 0) is 49.1 Å². The number of carbonyl (C=O) groups is 1. The van der Waals surface area contributed by atoms with E-state index in [2.05, 4.69) is 6.07 Å². The zero-order valence-corrected chi connectivity index (χ0v) is 16.9. The van der Waals surface area contributed by atoms with Crippen molar-refractivity contribution in [1.29, 1.82) is 0 Å². The molecule has 156 valence electrons. The van der Waals surface area contributed by atoms with E-state index in [9.17, 15) is 14.9 Å². The quantitative estimate of drug-likeness (QED) is 0.544. The Morgan fingerprint density at radius 1 is 1.13 bits per heavy atom. The third-order valence-electron chi connectivity index (χ3n) is 6.80. The van der Waals surface area contributed by atoms with Crippen molar-refractivity contribution >= 4 is 11.6 Å². The summed E-state index contributed by atoms with van der Waals surface area (Å²) in [4.78, 5) is 26.1. The Bertz CT molecular complexity index is 1030. The summed E-state index contributed by atoms with van der Waals surface area (Å²) >= 11 is 0. The van der Waals surface area contributed by atoms with Crippen LogP contribution < -0.4 is 9.47 Å². The molecule has 7 nitrogen and oxygen atoms in total. The molecule has 0 saturated heterocycles.